The van der Waals surface area contributed by atoms with Crippen molar-refractivity contribution in [1.29, 1.82) is 0 Å². The first-order valence-corrected chi connectivity index (χ1v) is 27.8. The minimum absolute atomic E-state index is 0.0143. The number of nitrogens with zero attached hydrogens (tertiary/aromatic N) is 4. The van der Waals surface area contributed by atoms with E-state index in [9.17, 15) is 28.8 Å². The maximum Gasteiger partial charge on any atom is 0.407 e. The van der Waals surface area contributed by atoms with Gasteiger partial charge in [-0.25, -0.2) is 9.86 Å². The number of carbonyl (C=O) groups excluding carboxylic acids is 6. The lowest BCUT2D eigenvalue weighted by Gasteiger charge is -2.41. The van der Waals surface area contributed by atoms with E-state index >= 15 is 0 Å². The van der Waals surface area contributed by atoms with Crippen molar-refractivity contribution in [2.24, 2.45) is 23.7 Å². The summed E-state index contributed by atoms with van der Waals surface area (Å²) in [6, 6.07) is 17.1. The molecule has 418 valence electrons. The summed E-state index contributed by atoms with van der Waals surface area (Å²) in [4.78, 5) is 95.5. The summed E-state index contributed by atoms with van der Waals surface area (Å²) in [6.07, 6.45) is 5.90. The van der Waals surface area contributed by atoms with E-state index in [0.717, 1.165) is 56.1 Å². The zero-order chi connectivity index (χ0) is 54.8. The molecule has 0 unspecified atom stereocenters. The first-order valence-electron chi connectivity index (χ1n) is 27.8. The number of likely N-dealkylation sites (tertiary alicyclic amines) is 1. The molecule has 17 nitrogen and oxygen atoms in total. The molecule has 2 aromatic rings. The summed E-state index contributed by atoms with van der Waals surface area (Å²) in [5.41, 5.74) is 0.751. The number of hydrogen-bond acceptors (Lipinski definition) is 11. The van der Waals surface area contributed by atoms with Crippen LogP contribution in [0.3, 0.4) is 0 Å². The molecule has 3 aliphatic rings. The van der Waals surface area contributed by atoms with Gasteiger partial charge in [0.05, 0.1) is 49.3 Å². The number of benzene rings is 2. The van der Waals surface area contributed by atoms with Gasteiger partial charge in [0.2, 0.25) is 23.6 Å². The van der Waals surface area contributed by atoms with Gasteiger partial charge < -0.3 is 40.0 Å². The number of hydroxylamine groups is 2. The Morgan fingerprint density at radius 2 is 1.49 bits per heavy atom. The van der Waals surface area contributed by atoms with Crippen molar-refractivity contribution in [2.45, 2.75) is 174 Å². The topological polar surface area (TPSA) is 188 Å². The summed E-state index contributed by atoms with van der Waals surface area (Å²) in [5.74, 6) is -2.48. The molecule has 5 rings (SSSR count). The van der Waals surface area contributed by atoms with E-state index in [4.69, 9.17) is 19.0 Å². The normalized spacial score (nSPS) is 21.4. The fourth-order valence-electron chi connectivity index (χ4n) is 11.3. The van der Waals surface area contributed by atoms with Crippen molar-refractivity contribution < 1.29 is 47.8 Å². The molecule has 0 radical (unpaired) electrons. The molecule has 2 saturated heterocycles. The van der Waals surface area contributed by atoms with Crippen LogP contribution in [0.5, 0.6) is 0 Å². The van der Waals surface area contributed by atoms with Crippen molar-refractivity contribution in [3.63, 3.8) is 0 Å². The molecular weight excluding hydrogens is 955 g/mol. The lowest BCUT2D eigenvalue weighted by Crippen LogP contribution is -2.60. The van der Waals surface area contributed by atoms with Crippen molar-refractivity contribution >= 4 is 35.6 Å². The summed E-state index contributed by atoms with van der Waals surface area (Å²) >= 11 is 0. The molecule has 6 amide bonds. The fraction of sp³-hybridized carbons (Fsp3) is 0.690. The van der Waals surface area contributed by atoms with Crippen LogP contribution in [0.1, 0.15) is 136 Å². The zero-order valence-electron chi connectivity index (χ0n) is 47.0. The standard InChI is InChI=1S/C58H91N7O10/c1-12-41(6)51(63(9)55(69)49(39(2)3)60-54(68)50(40(4)5)62(8)32-22-14-13-21-31-59-57(71)74-38-43-26-17-15-18-27-43)47(72-10)36-48(66)64-33-25-30-46(64)52(73-11)42(7)53(67)61-58(56(70)65-34-23-24-35-75-65)37-45(58)44-28-19-16-20-29-44/h15-20,26-29,39-42,45-47,49-52H,12-14,21-25,30-38H2,1-11H3,(H,59,71)(H,60,68)(H,61,67)/t41-,42+,45+,46-,47+,49-,50-,51-,52+,58-/m0/s1. The third kappa shape index (κ3) is 16.2. The van der Waals surface area contributed by atoms with E-state index < -0.39 is 53.9 Å². The number of ether oxygens (including phenoxy) is 3. The molecule has 0 bridgehead atoms. The predicted octanol–water partition coefficient (Wildman–Crippen LogP) is 7.09. The molecule has 1 aliphatic carbocycles. The van der Waals surface area contributed by atoms with E-state index in [0.29, 0.717) is 52.0 Å². The number of carbonyl (C=O) groups is 6. The average molecular weight is 1050 g/mol. The number of alkyl carbamates (subject to hydrolysis) is 1. The third-order valence-electron chi connectivity index (χ3n) is 15.9. The molecule has 17 heteroatoms. The summed E-state index contributed by atoms with van der Waals surface area (Å²) in [5, 5.41) is 10.5. The van der Waals surface area contributed by atoms with E-state index in [1.54, 1.807) is 38.0 Å². The number of rotatable bonds is 29. The third-order valence-corrected chi connectivity index (χ3v) is 15.9. The van der Waals surface area contributed by atoms with Crippen molar-refractivity contribution in [3.05, 3.63) is 71.8 Å². The summed E-state index contributed by atoms with van der Waals surface area (Å²) in [7, 11) is 6.81. The fourth-order valence-corrected chi connectivity index (χ4v) is 11.3. The van der Waals surface area contributed by atoms with Crippen LogP contribution in [-0.4, -0.2) is 158 Å². The number of hydrogen-bond donors (Lipinski definition) is 3. The summed E-state index contributed by atoms with van der Waals surface area (Å²) < 4.78 is 17.6. The molecule has 2 aromatic carbocycles. The van der Waals surface area contributed by atoms with Gasteiger partial charge in [0.1, 0.15) is 18.2 Å². The van der Waals surface area contributed by atoms with Gasteiger partial charge in [-0.05, 0) is 87.4 Å². The van der Waals surface area contributed by atoms with Gasteiger partial charge in [0.25, 0.3) is 5.91 Å². The molecule has 75 heavy (non-hydrogen) atoms. The van der Waals surface area contributed by atoms with Crippen LogP contribution in [0.15, 0.2) is 60.7 Å². The minimum Gasteiger partial charge on any atom is -0.445 e. The van der Waals surface area contributed by atoms with Crippen LogP contribution in [-0.2, 0) is 49.6 Å². The lowest BCUT2D eigenvalue weighted by molar-refractivity contribution is -0.200. The smallest absolute Gasteiger partial charge is 0.407 e. The molecule has 2 aliphatic heterocycles. The highest BCUT2D eigenvalue weighted by Crippen LogP contribution is 2.53. The Morgan fingerprint density at radius 3 is 2.11 bits per heavy atom. The molecule has 2 heterocycles. The van der Waals surface area contributed by atoms with E-state index in [1.165, 1.54) is 5.06 Å². The highest BCUT2D eigenvalue weighted by atomic mass is 16.7. The largest absolute Gasteiger partial charge is 0.445 e. The molecular formula is C58H91N7O10. The number of nitrogens with one attached hydrogen (secondary N) is 3. The predicted molar refractivity (Wildman–Crippen MR) is 289 cm³/mol. The number of methoxy groups -OCH3 is 2. The molecule has 3 N–H and O–H groups in total. The Morgan fingerprint density at radius 1 is 0.813 bits per heavy atom. The lowest BCUT2D eigenvalue weighted by atomic mass is 9.89. The van der Waals surface area contributed by atoms with Crippen LogP contribution in [0.4, 0.5) is 4.79 Å². The average Bonchev–Trinajstić information content (AvgIpc) is 3.95. The van der Waals surface area contributed by atoms with Crippen molar-refractivity contribution in [3.8, 4) is 0 Å². The second kappa shape index (κ2) is 29.4. The quantitative estimate of drug-likeness (QED) is 0.0707. The van der Waals surface area contributed by atoms with Crippen LogP contribution in [0.2, 0.25) is 0 Å². The van der Waals surface area contributed by atoms with Gasteiger partial charge >= 0.3 is 6.09 Å². The van der Waals surface area contributed by atoms with E-state index in [-0.39, 0.29) is 66.2 Å². The number of likely N-dealkylation sites (N-methyl/N-ethyl adjacent to an activating group) is 2. The SMILES string of the molecule is CC[C@H](C)[C@@H]([C@@H](CC(=O)N1CCC[C@H]1[C@H](OC)[C@@H](C)C(=O)N[C@@]1(C(=O)N2CCCCO2)C[C@@H]1c1ccccc1)OC)N(C)C(=O)[C@@H](NC(=O)[C@H](C(C)C)N(C)CCCCCCNC(=O)OCc1ccccc1)C(C)C. The van der Waals surface area contributed by atoms with Crippen LogP contribution < -0.4 is 16.0 Å². The summed E-state index contributed by atoms with van der Waals surface area (Å²) in [6.45, 7) is 16.6. The Bertz CT molecular complexity index is 2130. The Balaban J connectivity index is 1.18. The van der Waals surface area contributed by atoms with E-state index in [2.05, 4.69) is 20.9 Å². The zero-order valence-corrected chi connectivity index (χ0v) is 47.0. The van der Waals surface area contributed by atoms with Gasteiger partial charge in [0.15, 0.2) is 0 Å². The molecule has 1 saturated carbocycles. The van der Waals surface area contributed by atoms with Gasteiger partial charge in [0, 0.05) is 46.8 Å². The highest BCUT2D eigenvalue weighted by Gasteiger charge is 2.64. The second-order valence-electron chi connectivity index (χ2n) is 22.0. The van der Waals surface area contributed by atoms with Crippen LogP contribution in [0, 0.1) is 23.7 Å². The Kier molecular flexibility index (Phi) is 23.8. The molecule has 0 spiro atoms. The molecule has 3 fully saturated rings. The number of unbranched alkanes of at least 4 members (excludes halogenated alkanes) is 3. The van der Waals surface area contributed by atoms with Gasteiger partial charge in [-0.2, -0.15) is 0 Å². The maximum atomic E-state index is 14.7. The maximum absolute atomic E-state index is 14.7. The number of amides is 6. The van der Waals surface area contributed by atoms with Gasteiger partial charge in [-0.15, -0.1) is 0 Å². The van der Waals surface area contributed by atoms with Crippen LogP contribution >= 0.6 is 0 Å². The first-order chi connectivity index (χ1) is 35.9. The van der Waals surface area contributed by atoms with Crippen molar-refractivity contribution in [1.82, 2.24) is 35.7 Å². The first kappa shape index (κ1) is 60.8. The molecule has 0 aromatic heterocycles. The van der Waals surface area contributed by atoms with Crippen LogP contribution in [0.25, 0.3) is 0 Å². The van der Waals surface area contributed by atoms with Gasteiger partial charge in [-0.3, -0.25) is 33.7 Å². The van der Waals surface area contributed by atoms with E-state index in [1.807, 2.05) is 109 Å². The Labute approximate surface area is 447 Å². The Hall–Kier alpha value is -5.10. The van der Waals surface area contributed by atoms with Gasteiger partial charge in [-0.1, -0.05) is 128 Å². The highest BCUT2D eigenvalue weighted by molar-refractivity contribution is 5.96. The molecule has 10 atom stereocenters. The minimum atomic E-state index is -1.15. The second-order valence-corrected chi connectivity index (χ2v) is 22.0. The monoisotopic (exact) mass is 1050 g/mol. The van der Waals surface area contributed by atoms with Crippen molar-refractivity contribution in [2.75, 3.05) is 61.1 Å².